The minimum atomic E-state index is 0.210. The number of halogens is 1. The van der Waals surface area contributed by atoms with Gasteiger partial charge in [-0.3, -0.25) is 0 Å². The molecule has 19 heavy (non-hydrogen) atoms. The topological polar surface area (TPSA) is 21.3 Å². The fourth-order valence-electron chi connectivity index (χ4n) is 2.64. The molecule has 0 aliphatic heterocycles. The molecule has 1 aliphatic rings. The summed E-state index contributed by atoms with van der Waals surface area (Å²) in [6, 6.07) is 6.86. The summed E-state index contributed by atoms with van der Waals surface area (Å²) in [4.78, 5) is 0. The van der Waals surface area contributed by atoms with Crippen LogP contribution in [-0.4, -0.2) is 18.7 Å². The van der Waals surface area contributed by atoms with Gasteiger partial charge in [0, 0.05) is 17.1 Å². The van der Waals surface area contributed by atoms with E-state index in [1.165, 1.54) is 37.7 Å². The lowest BCUT2D eigenvalue weighted by Crippen LogP contribution is -2.37. The molecule has 0 aromatic heterocycles. The Bertz CT molecular complexity index is 402. The highest BCUT2D eigenvalue weighted by molar-refractivity contribution is 9.10. The van der Waals surface area contributed by atoms with Crippen LogP contribution in [0.4, 0.5) is 0 Å². The van der Waals surface area contributed by atoms with Gasteiger partial charge in [0.2, 0.25) is 0 Å². The van der Waals surface area contributed by atoms with Gasteiger partial charge >= 0.3 is 0 Å². The third-order valence-corrected chi connectivity index (χ3v) is 4.26. The van der Waals surface area contributed by atoms with Crippen molar-refractivity contribution >= 4 is 15.9 Å². The lowest BCUT2D eigenvalue weighted by atomic mass is 9.95. The number of rotatable bonds is 5. The molecular formula is C16H24BrNO. The molecule has 0 radical (unpaired) electrons. The number of benzene rings is 1. The van der Waals surface area contributed by atoms with Gasteiger partial charge < -0.3 is 10.1 Å². The van der Waals surface area contributed by atoms with Crippen LogP contribution in [0.25, 0.3) is 0 Å². The monoisotopic (exact) mass is 325 g/mol. The first kappa shape index (κ1) is 14.9. The summed E-state index contributed by atoms with van der Waals surface area (Å²) in [6.45, 7) is 5.15. The molecule has 1 aliphatic carbocycles. The third-order valence-electron chi connectivity index (χ3n) is 3.76. The summed E-state index contributed by atoms with van der Waals surface area (Å²) in [5.41, 5.74) is 1.18. The van der Waals surface area contributed by atoms with Gasteiger partial charge in [0.05, 0.1) is 0 Å². The first-order chi connectivity index (χ1) is 9.15. The summed E-state index contributed by atoms with van der Waals surface area (Å²) in [6.07, 6.45) is 7.01. The molecule has 106 valence electrons. The average molecular weight is 326 g/mol. The molecule has 1 unspecified atom stereocenters. The van der Waals surface area contributed by atoms with E-state index >= 15 is 0 Å². The van der Waals surface area contributed by atoms with Gasteiger partial charge in [0.15, 0.2) is 0 Å². The SMILES string of the molecule is Cc1cc(Br)ccc1OC(C)CNC1CCCCC1. The van der Waals surface area contributed by atoms with Crippen LogP contribution in [-0.2, 0) is 0 Å². The van der Waals surface area contributed by atoms with E-state index in [1.54, 1.807) is 0 Å². The molecule has 0 amide bonds. The number of hydrogen-bond donors (Lipinski definition) is 1. The molecule has 1 atom stereocenters. The van der Waals surface area contributed by atoms with E-state index in [4.69, 9.17) is 4.74 Å². The summed E-state index contributed by atoms with van der Waals surface area (Å²) < 4.78 is 7.11. The molecule has 2 nitrogen and oxygen atoms in total. The second-order valence-electron chi connectivity index (χ2n) is 5.58. The van der Waals surface area contributed by atoms with E-state index < -0.39 is 0 Å². The van der Waals surface area contributed by atoms with Gasteiger partial charge in [-0.2, -0.15) is 0 Å². The second kappa shape index (κ2) is 7.30. The Kier molecular flexibility index (Phi) is 5.71. The van der Waals surface area contributed by atoms with Gasteiger partial charge in [-0.05, 0) is 50.5 Å². The van der Waals surface area contributed by atoms with Gasteiger partial charge in [-0.1, -0.05) is 35.2 Å². The zero-order chi connectivity index (χ0) is 13.7. The third kappa shape index (κ3) is 4.81. The molecule has 3 heteroatoms. The van der Waals surface area contributed by atoms with E-state index in [1.807, 2.05) is 12.1 Å². The number of aryl methyl sites for hydroxylation is 1. The Morgan fingerprint density at radius 2 is 2.05 bits per heavy atom. The van der Waals surface area contributed by atoms with Crippen molar-refractivity contribution in [1.82, 2.24) is 5.32 Å². The average Bonchev–Trinajstić information content (AvgIpc) is 2.41. The normalized spacial score (nSPS) is 18.3. The van der Waals surface area contributed by atoms with Crippen molar-refractivity contribution < 1.29 is 4.74 Å². The predicted octanol–water partition coefficient (Wildman–Crippen LogP) is 4.45. The summed E-state index contributed by atoms with van der Waals surface area (Å²) in [5.74, 6) is 0.987. The highest BCUT2D eigenvalue weighted by Crippen LogP contribution is 2.23. The molecule has 1 fully saturated rings. The Labute approximate surface area is 125 Å². The van der Waals surface area contributed by atoms with Gasteiger partial charge in [-0.15, -0.1) is 0 Å². The van der Waals surface area contributed by atoms with Crippen LogP contribution in [0.3, 0.4) is 0 Å². The van der Waals surface area contributed by atoms with Crippen molar-refractivity contribution in [3.8, 4) is 5.75 Å². The maximum atomic E-state index is 6.01. The Balaban J connectivity index is 1.78. The highest BCUT2D eigenvalue weighted by atomic mass is 79.9. The van der Waals surface area contributed by atoms with Crippen LogP contribution >= 0.6 is 15.9 Å². The lowest BCUT2D eigenvalue weighted by molar-refractivity contribution is 0.204. The summed E-state index contributed by atoms with van der Waals surface area (Å²) >= 11 is 3.48. The van der Waals surface area contributed by atoms with Crippen LogP contribution in [0.5, 0.6) is 5.75 Å². The molecule has 0 heterocycles. The van der Waals surface area contributed by atoms with E-state index in [0.717, 1.165) is 16.8 Å². The minimum absolute atomic E-state index is 0.210. The molecule has 1 aromatic carbocycles. The Morgan fingerprint density at radius 3 is 2.74 bits per heavy atom. The fourth-order valence-corrected chi connectivity index (χ4v) is 3.12. The van der Waals surface area contributed by atoms with Crippen molar-refractivity contribution in [2.24, 2.45) is 0 Å². The Morgan fingerprint density at radius 1 is 1.32 bits per heavy atom. The Hall–Kier alpha value is -0.540. The van der Waals surface area contributed by atoms with E-state index in [2.05, 4.69) is 41.2 Å². The fraction of sp³-hybridized carbons (Fsp3) is 0.625. The molecular weight excluding hydrogens is 302 g/mol. The van der Waals surface area contributed by atoms with Crippen LogP contribution in [0.2, 0.25) is 0 Å². The lowest BCUT2D eigenvalue weighted by Gasteiger charge is -2.25. The van der Waals surface area contributed by atoms with E-state index in [9.17, 15) is 0 Å². The zero-order valence-electron chi connectivity index (χ0n) is 11.9. The van der Waals surface area contributed by atoms with Crippen molar-refractivity contribution in [3.05, 3.63) is 28.2 Å². The number of ether oxygens (including phenoxy) is 1. The van der Waals surface area contributed by atoms with Crippen molar-refractivity contribution in [3.63, 3.8) is 0 Å². The maximum Gasteiger partial charge on any atom is 0.122 e. The molecule has 0 bridgehead atoms. The predicted molar refractivity (Wildman–Crippen MR) is 83.8 cm³/mol. The van der Waals surface area contributed by atoms with Crippen LogP contribution in [0.15, 0.2) is 22.7 Å². The van der Waals surface area contributed by atoms with E-state index in [0.29, 0.717) is 6.04 Å². The van der Waals surface area contributed by atoms with Crippen molar-refractivity contribution in [1.29, 1.82) is 0 Å². The highest BCUT2D eigenvalue weighted by Gasteiger charge is 2.14. The van der Waals surface area contributed by atoms with Gasteiger partial charge in [-0.25, -0.2) is 0 Å². The second-order valence-corrected chi connectivity index (χ2v) is 6.50. The number of nitrogens with one attached hydrogen (secondary N) is 1. The first-order valence-electron chi connectivity index (χ1n) is 7.31. The quantitative estimate of drug-likeness (QED) is 0.863. The summed E-state index contributed by atoms with van der Waals surface area (Å²) in [7, 11) is 0. The van der Waals surface area contributed by atoms with E-state index in [-0.39, 0.29) is 6.10 Å². The minimum Gasteiger partial charge on any atom is -0.489 e. The molecule has 1 N–H and O–H groups in total. The zero-order valence-corrected chi connectivity index (χ0v) is 13.5. The maximum absolute atomic E-state index is 6.01. The summed E-state index contributed by atoms with van der Waals surface area (Å²) in [5, 5.41) is 3.64. The number of hydrogen-bond acceptors (Lipinski definition) is 2. The standard InChI is InChI=1S/C16H24BrNO/c1-12-10-14(17)8-9-16(12)19-13(2)11-18-15-6-4-3-5-7-15/h8-10,13,15,18H,3-7,11H2,1-2H3. The molecule has 1 aromatic rings. The van der Waals surface area contributed by atoms with Crippen molar-refractivity contribution in [2.75, 3.05) is 6.54 Å². The van der Waals surface area contributed by atoms with Crippen LogP contribution < -0.4 is 10.1 Å². The smallest absolute Gasteiger partial charge is 0.122 e. The van der Waals surface area contributed by atoms with Crippen LogP contribution in [0.1, 0.15) is 44.6 Å². The molecule has 2 rings (SSSR count). The molecule has 0 spiro atoms. The van der Waals surface area contributed by atoms with Gasteiger partial charge in [0.25, 0.3) is 0 Å². The molecule has 0 saturated heterocycles. The first-order valence-corrected chi connectivity index (χ1v) is 8.10. The van der Waals surface area contributed by atoms with Crippen molar-refractivity contribution in [2.45, 2.75) is 58.1 Å². The largest absolute Gasteiger partial charge is 0.489 e. The molecule has 1 saturated carbocycles. The van der Waals surface area contributed by atoms with Crippen LogP contribution in [0, 0.1) is 6.92 Å². The van der Waals surface area contributed by atoms with Gasteiger partial charge in [0.1, 0.15) is 11.9 Å².